The number of rotatable bonds is 6. The summed E-state index contributed by atoms with van der Waals surface area (Å²) in [5.41, 5.74) is 0.777. The SMILES string of the molecule is O=C(OCC#CCSc1nnc(-c2ccc([N+](=O)[O-])cc2)o1)c1ccc(F)cc1. The summed E-state index contributed by atoms with van der Waals surface area (Å²) in [6.07, 6.45) is 0. The van der Waals surface area contributed by atoms with Crippen molar-refractivity contribution in [3.8, 4) is 23.3 Å². The van der Waals surface area contributed by atoms with Crippen LogP contribution >= 0.6 is 11.8 Å². The Morgan fingerprint density at radius 2 is 1.86 bits per heavy atom. The molecule has 2 aromatic carbocycles. The molecule has 0 N–H and O–H groups in total. The molecule has 0 saturated carbocycles. The van der Waals surface area contributed by atoms with Gasteiger partial charge in [-0.15, -0.1) is 10.2 Å². The molecule has 10 heteroatoms. The van der Waals surface area contributed by atoms with Crippen LogP contribution in [0, 0.1) is 27.8 Å². The molecule has 8 nitrogen and oxygen atoms in total. The van der Waals surface area contributed by atoms with Crippen LogP contribution < -0.4 is 0 Å². The van der Waals surface area contributed by atoms with Crippen molar-refractivity contribution in [1.82, 2.24) is 10.2 Å². The third-order valence-electron chi connectivity index (χ3n) is 3.48. The number of thioether (sulfide) groups is 1. The number of ether oxygens (including phenoxy) is 1. The molecule has 0 radical (unpaired) electrons. The van der Waals surface area contributed by atoms with Crippen molar-refractivity contribution in [2.24, 2.45) is 0 Å². The highest BCUT2D eigenvalue weighted by atomic mass is 32.2. The fraction of sp³-hybridized carbons (Fsp3) is 0.105. The topological polar surface area (TPSA) is 108 Å². The summed E-state index contributed by atoms with van der Waals surface area (Å²) in [6, 6.07) is 10.8. The van der Waals surface area contributed by atoms with Crippen LogP contribution in [-0.2, 0) is 4.74 Å². The van der Waals surface area contributed by atoms with E-state index in [0.717, 1.165) is 0 Å². The average Bonchev–Trinajstić information content (AvgIpc) is 3.20. The lowest BCUT2D eigenvalue weighted by molar-refractivity contribution is -0.384. The highest BCUT2D eigenvalue weighted by Gasteiger charge is 2.11. The van der Waals surface area contributed by atoms with Gasteiger partial charge in [0, 0.05) is 17.7 Å². The average molecular weight is 413 g/mol. The van der Waals surface area contributed by atoms with Crippen LogP contribution in [-0.4, -0.2) is 33.4 Å². The molecule has 1 aromatic heterocycles. The molecule has 0 aliphatic carbocycles. The van der Waals surface area contributed by atoms with E-state index in [0.29, 0.717) is 11.3 Å². The standard InChI is InChI=1S/C19H12FN3O5S/c20-15-7-3-14(4-8-15)18(24)27-11-1-2-12-29-19-22-21-17(28-19)13-5-9-16(10-6-13)23(25)26/h3-10H,11-12H2. The molecule has 29 heavy (non-hydrogen) atoms. The maximum absolute atomic E-state index is 12.8. The van der Waals surface area contributed by atoms with Gasteiger partial charge in [-0.2, -0.15) is 0 Å². The fourth-order valence-electron chi connectivity index (χ4n) is 2.08. The van der Waals surface area contributed by atoms with E-state index >= 15 is 0 Å². The monoisotopic (exact) mass is 413 g/mol. The maximum Gasteiger partial charge on any atom is 0.339 e. The van der Waals surface area contributed by atoms with Crippen LogP contribution in [0.4, 0.5) is 10.1 Å². The van der Waals surface area contributed by atoms with Crippen molar-refractivity contribution in [3.05, 3.63) is 70.0 Å². The van der Waals surface area contributed by atoms with E-state index in [1.165, 1.54) is 60.3 Å². The predicted octanol–water partition coefficient (Wildman–Crippen LogP) is 3.74. The van der Waals surface area contributed by atoms with Gasteiger partial charge in [-0.05, 0) is 36.4 Å². The highest BCUT2D eigenvalue weighted by molar-refractivity contribution is 7.99. The molecule has 3 rings (SSSR count). The van der Waals surface area contributed by atoms with Gasteiger partial charge in [-0.3, -0.25) is 10.1 Å². The largest absolute Gasteiger partial charge is 0.449 e. The van der Waals surface area contributed by atoms with Gasteiger partial charge in [-0.25, -0.2) is 9.18 Å². The first-order valence-electron chi connectivity index (χ1n) is 8.12. The number of non-ortho nitro benzene ring substituents is 1. The van der Waals surface area contributed by atoms with Gasteiger partial charge in [0.1, 0.15) is 5.82 Å². The van der Waals surface area contributed by atoms with Crippen molar-refractivity contribution >= 4 is 23.4 Å². The van der Waals surface area contributed by atoms with Crippen LogP contribution in [0.25, 0.3) is 11.5 Å². The van der Waals surface area contributed by atoms with Crippen LogP contribution in [0.15, 0.2) is 58.2 Å². The predicted molar refractivity (Wildman–Crippen MR) is 102 cm³/mol. The lowest BCUT2D eigenvalue weighted by Gasteiger charge is -2.00. The van der Waals surface area contributed by atoms with Gasteiger partial charge in [0.05, 0.1) is 16.2 Å². The summed E-state index contributed by atoms with van der Waals surface area (Å²) < 4.78 is 23.2. The molecule has 0 aliphatic heterocycles. The second-order valence-electron chi connectivity index (χ2n) is 5.40. The summed E-state index contributed by atoms with van der Waals surface area (Å²) in [5.74, 6) is 5.02. The summed E-state index contributed by atoms with van der Waals surface area (Å²) in [4.78, 5) is 21.9. The molecule has 1 heterocycles. The second kappa shape index (κ2) is 9.48. The van der Waals surface area contributed by atoms with Crippen LogP contribution in [0.5, 0.6) is 0 Å². The Labute approximate surface area is 168 Å². The molecule has 0 saturated heterocycles. The van der Waals surface area contributed by atoms with Crippen LogP contribution in [0.3, 0.4) is 0 Å². The highest BCUT2D eigenvalue weighted by Crippen LogP contribution is 2.24. The number of carbonyl (C=O) groups is 1. The maximum atomic E-state index is 12.8. The zero-order valence-corrected chi connectivity index (χ0v) is 15.5. The zero-order chi connectivity index (χ0) is 20.6. The molecule has 146 valence electrons. The van der Waals surface area contributed by atoms with Gasteiger partial charge in [0.15, 0.2) is 6.61 Å². The number of hydrogen-bond acceptors (Lipinski definition) is 8. The van der Waals surface area contributed by atoms with E-state index in [-0.39, 0.29) is 29.0 Å². The Bertz CT molecular complexity index is 1070. The minimum atomic E-state index is -0.586. The Hall–Kier alpha value is -3.71. The van der Waals surface area contributed by atoms with Gasteiger partial charge in [0.2, 0.25) is 5.89 Å². The first-order chi connectivity index (χ1) is 14.0. The minimum Gasteiger partial charge on any atom is -0.449 e. The molecular formula is C19H12FN3O5S. The van der Waals surface area contributed by atoms with Gasteiger partial charge < -0.3 is 9.15 Å². The molecule has 0 aliphatic rings. The van der Waals surface area contributed by atoms with Gasteiger partial charge in [0.25, 0.3) is 10.9 Å². The lowest BCUT2D eigenvalue weighted by Crippen LogP contribution is -2.05. The molecular weight excluding hydrogens is 401 g/mol. The summed E-state index contributed by atoms with van der Waals surface area (Å²) in [7, 11) is 0. The van der Waals surface area contributed by atoms with E-state index in [2.05, 4.69) is 22.0 Å². The molecule has 0 bridgehead atoms. The Kier molecular flexibility index (Phi) is 6.55. The van der Waals surface area contributed by atoms with Crippen molar-refractivity contribution in [3.63, 3.8) is 0 Å². The molecule has 0 atom stereocenters. The summed E-state index contributed by atoms with van der Waals surface area (Å²) in [6.45, 7) is -0.103. The summed E-state index contributed by atoms with van der Waals surface area (Å²) in [5, 5.41) is 18.7. The normalized spacial score (nSPS) is 10.1. The van der Waals surface area contributed by atoms with E-state index in [4.69, 9.17) is 9.15 Å². The fourth-order valence-corrected chi connectivity index (χ4v) is 2.62. The third-order valence-corrected chi connectivity index (χ3v) is 4.18. The first-order valence-corrected chi connectivity index (χ1v) is 9.11. The van der Waals surface area contributed by atoms with Gasteiger partial charge >= 0.3 is 5.97 Å². The van der Waals surface area contributed by atoms with E-state index in [9.17, 15) is 19.3 Å². The molecule has 0 spiro atoms. The Morgan fingerprint density at radius 3 is 2.55 bits per heavy atom. The molecule has 0 fully saturated rings. The number of hydrogen-bond donors (Lipinski definition) is 0. The van der Waals surface area contributed by atoms with Crippen LogP contribution in [0.1, 0.15) is 10.4 Å². The number of carbonyl (C=O) groups excluding carboxylic acids is 1. The van der Waals surface area contributed by atoms with E-state index in [1.54, 1.807) is 0 Å². The van der Waals surface area contributed by atoms with E-state index < -0.39 is 16.7 Å². The molecule has 0 amide bonds. The smallest absolute Gasteiger partial charge is 0.339 e. The number of aromatic nitrogens is 2. The van der Waals surface area contributed by atoms with Crippen molar-refractivity contribution in [2.75, 3.05) is 12.4 Å². The second-order valence-corrected chi connectivity index (χ2v) is 6.33. The van der Waals surface area contributed by atoms with Crippen LogP contribution in [0.2, 0.25) is 0 Å². The van der Waals surface area contributed by atoms with E-state index in [1.807, 2.05) is 0 Å². The Balaban J connectivity index is 1.45. The zero-order valence-electron chi connectivity index (χ0n) is 14.7. The number of benzene rings is 2. The number of nitro benzene ring substituents is 1. The lowest BCUT2D eigenvalue weighted by atomic mass is 10.2. The minimum absolute atomic E-state index is 0.0294. The van der Waals surface area contributed by atoms with Crippen molar-refractivity contribution in [2.45, 2.75) is 5.22 Å². The number of nitro groups is 1. The van der Waals surface area contributed by atoms with Crippen molar-refractivity contribution in [1.29, 1.82) is 0 Å². The Morgan fingerprint density at radius 1 is 1.14 bits per heavy atom. The molecule has 0 unspecified atom stereocenters. The van der Waals surface area contributed by atoms with Gasteiger partial charge in [-0.1, -0.05) is 23.6 Å². The number of halogens is 1. The first kappa shape index (κ1) is 20.0. The number of esters is 1. The quantitative estimate of drug-likeness (QED) is 0.198. The van der Waals surface area contributed by atoms with Crippen molar-refractivity contribution < 1.29 is 23.3 Å². The molecule has 3 aromatic rings. The summed E-state index contributed by atoms with van der Waals surface area (Å²) >= 11 is 1.20. The third kappa shape index (κ3) is 5.63. The number of nitrogens with zero attached hydrogens (tertiary/aromatic N) is 3.